The number of nitrogens with zero attached hydrogens (tertiary/aromatic N) is 2. The number of hydrogen-bond acceptors (Lipinski definition) is 5. The number of nitrogens with two attached hydrogens (primary N) is 1. The number of aliphatic hydroxyl groups excluding tert-OH is 2. The molecule has 0 spiro atoms. The van der Waals surface area contributed by atoms with Crippen molar-refractivity contribution in [2.24, 2.45) is 0 Å². The van der Waals surface area contributed by atoms with Crippen molar-refractivity contribution in [2.75, 3.05) is 12.3 Å². The molecule has 6 nitrogen and oxygen atoms in total. The zero-order valence-corrected chi connectivity index (χ0v) is 11.3. The molecule has 18 heavy (non-hydrogen) atoms. The fourth-order valence-corrected chi connectivity index (χ4v) is 2.35. The van der Waals surface area contributed by atoms with Crippen molar-refractivity contribution in [3.63, 3.8) is 0 Å². The number of anilines is 1. The van der Waals surface area contributed by atoms with Gasteiger partial charge in [0.15, 0.2) is 0 Å². The fraction of sp³-hybridized carbons (Fsp3) is 0.400. The first-order valence-corrected chi connectivity index (χ1v) is 6.25. The van der Waals surface area contributed by atoms with Crippen molar-refractivity contribution in [3.8, 4) is 0 Å². The summed E-state index contributed by atoms with van der Waals surface area (Å²) in [5.41, 5.74) is 4.71. The summed E-state index contributed by atoms with van der Waals surface area (Å²) in [6.07, 6.45) is 0.313. The maximum atomic E-state index is 13.9. The van der Waals surface area contributed by atoms with Gasteiger partial charge in [0, 0.05) is 18.2 Å². The molecule has 0 aromatic carbocycles. The Balaban J connectivity index is 2.49. The van der Waals surface area contributed by atoms with Crippen LogP contribution in [0.25, 0.3) is 0 Å². The topological polar surface area (TPSA) is 101 Å². The normalized spacial score (nSPS) is 23.8. The van der Waals surface area contributed by atoms with E-state index in [1.165, 1.54) is 6.20 Å². The lowest BCUT2D eigenvalue weighted by Crippen LogP contribution is -2.28. The van der Waals surface area contributed by atoms with Gasteiger partial charge in [-0.05, 0) is 22.6 Å². The molecule has 1 aromatic heterocycles. The van der Waals surface area contributed by atoms with Crippen molar-refractivity contribution in [2.45, 2.75) is 18.6 Å². The highest BCUT2D eigenvalue weighted by molar-refractivity contribution is 14.1. The maximum Gasteiger partial charge on any atom is 0.350 e. The van der Waals surface area contributed by atoms with E-state index in [0.29, 0.717) is 3.57 Å². The molecular weight excluding hydrogens is 356 g/mol. The second kappa shape index (κ2) is 4.94. The molecule has 0 bridgehead atoms. The average Bonchev–Trinajstić information content (AvgIpc) is 2.59. The third kappa shape index (κ3) is 2.15. The van der Waals surface area contributed by atoms with E-state index in [2.05, 4.69) is 4.98 Å². The highest BCUT2D eigenvalue weighted by Crippen LogP contribution is 2.36. The van der Waals surface area contributed by atoms with E-state index in [1.54, 1.807) is 0 Å². The summed E-state index contributed by atoms with van der Waals surface area (Å²) in [5.74, 6) is -0.600. The monoisotopic (exact) mass is 367 g/mol. The van der Waals surface area contributed by atoms with Crippen LogP contribution in [-0.2, 0) is 0 Å². The lowest BCUT2D eigenvalue weighted by atomic mass is 10.2. The van der Waals surface area contributed by atoms with Gasteiger partial charge < -0.3 is 15.9 Å². The number of allylic oxidation sites excluding steroid dienone is 1. The van der Waals surface area contributed by atoms with Crippen LogP contribution in [0.4, 0.5) is 10.2 Å². The minimum atomic E-state index is -1.08. The van der Waals surface area contributed by atoms with Gasteiger partial charge in [0.1, 0.15) is 11.6 Å². The van der Waals surface area contributed by atoms with E-state index in [4.69, 9.17) is 10.8 Å². The first-order chi connectivity index (χ1) is 8.45. The summed E-state index contributed by atoms with van der Waals surface area (Å²) >= 11 is 1.88. The molecule has 98 valence electrons. The Hall–Kier alpha value is -1.00. The average molecular weight is 367 g/mol. The molecular formula is C10H11FIN3O3. The summed E-state index contributed by atoms with van der Waals surface area (Å²) in [4.78, 5) is 15.2. The molecule has 2 atom stereocenters. The molecule has 0 radical (unpaired) electrons. The second-order valence-corrected chi connectivity index (χ2v) is 5.12. The van der Waals surface area contributed by atoms with Gasteiger partial charge in [-0.1, -0.05) is 0 Å². The van der Waals surface area contributed by atoms with Crippen molar-refractivity contribution < 1.29 is 14.6 Å². The molecule has 1 aliphatic rings. The zero-order valence-electron chi connectivity index (χ0n) is 9.18. The minimum absolute atomic E-state index is 0.00329. The van der Waals surface area contributed by atoms with E-state index in [1.807, 2.05) is 22.6 Å². The molecule has 0 fully saturated rings. The molecule has 0 unspecified atom stereocenters. The highest BCUT2D eigenvalue weighted by Gasteiger charge is 2.34. The van der Waals surface area contributed by atoms with Gasteiger partial charge >= 0.3 is 5.69 Å². The van der Waals surface area contributed by atoms with Crippen LogP contribution in [0.2, 0.25) is 0 Å². The number of hydrogen-bond donors (Lipinski definition) is 3. The van der Waals surface area contributed by atoms with Gasteiger partial charge in [-0.25, -0.2) is 9.18 Å². The second-order valence-electron chi connectivity index (χ2n) is 3.96. The Morgan fingerprint density at radius 3 is 2.89 bits per heavy atom. The molecule has 1 aromatic rings. The van der Waals surface area contributed by atoms with E-state index in [0.717, 1.165) is 4.57 Å². The fourth-order valence-electron chi connectivity index (χ4n) is 1.93. The third-order valence-corrected chi connectivity index (χ3v) is 3.72. The van der Waals surface area contributed by atoms with Crippen molar-refractivity contribution in [1.82, 2.24) is 9.55 Å². The summed E-state index contributed by atoms with van der Waals surface area (Å²) in [7, 11) is 0. The third-order valence-electron chi connectivity index (χ3n) is 2.89. The van der Waals surface area contributed by atoms with Gasteiger partial charge in [-0.2, -0.15) is 4.98 Å². The molecule has 1 heterocycles. The molecule has 4 N–H and O–H groups in total. The molecule has 0 saturated heterocycles. The van der Waals surface area contributed by atoms with Crippen molar-refractivity contribution in [3.05, 3.63) is 31.7 Å². The van der Waals surface area contributed by atoms with Crippen LogP contribution in [0.5, 0.6) is 0 Å². The lowest BCUT2D eigenvalue weighted by molar-refractivity contribution is 0.181. The molecule has 1 aliphatic carbocycles. The van der Waals surface area contributed by atoms with Gasteiger partial charge in [-0.15, -0.1) is 0 Å². The predicted molar refractivity (Wildman–Crippen MR) is 70.5 cm³/mol. The Morgan fingerprint density at radius 1 is 1.67 bits per heavy atom. The number of aromatic nitrogens is 2. The van der Waals surface area contributed by atoms with Gasteiger partial charge in [0.25, 0.3) is 0 Å². The van der Waals surface area contributed by atoms with Crippen LogP contribution in [0.1, 0.15) is 12.5 Å². The van der Waals surface area contributed by atoms with E-state index >= 15 is 0 Å². The molecule has 8 heteroatoms. The Kier molecular flexibility index (Phi) is 3.69. The number of rotatable bonds is 2. The standard InChI is InChI=1S/C10H11FIN3O3/c11-8-4(3-16)7(17)1-6(8)15-2-5(12)9(13)14-10(15)18/h2,6-7,16-17H,1,3H2,(H2,13,14,18)/t6-,7-/m0/s1. The SMILES string of the molecule is Nc1nc(=O)n([C@H]2C[C@H](O)C(CO)=C2F)cc1I. The molecule has 0 amide bonds. The first kappa shape index (κ1) is 13.4. The van der Waals surface area contributed by atoms with E-state index in [9.17, 15) is 14.3 Å². The Labute approximate surface area is 115 Å². The van der Waals surface area contributed by atoms with Crippen LogP contribution in [-0.4, -0.2) is 32.5 Å². The highest BCUT2D eigenvalue weighted by atomic mass is 127. The van der Waals surface area contributed by atoms with E-state index < -0.39 is 30.3 Å². The van der Waals surface area contributed by atoms with Crippen molar-refractivity contribution >= 4 is 28.4 Å². The first-order valence-electron chi connectivity index (χ1n) is 5.17. The predicted octanol–water partition coefficient (Wildman–Crippen LogP) is -0.0483. The zero-order chi connectivity index (χ0) is 13.4. The van der Waals surface area contributed by atoms with Gasteiger partial charge in [0.05, 0.1) is 22.3 Å². The lowest BCUT2D eigenvalue weighted by Gasteiger charge is -2.14. The van der Waals surface area contributed by atoms with Crippen LogP contribution < -0.4 is 11.4 Å². The van der Waals surface area contributed by atoms with Crippen LogP contribution in [0.3, 0.4) is 0 Å². The molecule has 0 saturated carbocycles. The quantitative estimate of drug-likeness (QED) is 0.637. The summed E-state index contributed by atoms with van der Waals surface area (Å²) < 4.78 is 15.5. The van der Waals surface area contributed by atoms with Gasteiger partial charge in [0.2, 0.25) is 0 Å². The Bertz CT molecular complexity index is 572. The summed E-state index contributed by atoms with van der Waals surface area (Å²) in [6, 6.07) is -0.934. The minimum Gasteiger partial charge on any atom is -0.392 e. The number of nitrogen functional groups attached to an aromatic ring is 1. The smallest absolute Gasteiger partial charge is 0.350 e. The molecule has 2 rings (SSSR count). The number of halogens is 2. The van der Waals surface area contributed by atoms with Crippen LogP contribution >= 0.6 is 22.6 Å². The van der Waals surface area contributed by atoms with Crippen LogP contribution in [0.15, 0.2) is 22.4 Å². The summed E-state index contributed by atoms with van der Waals surface area (Å²) in [5, 5.41) is 18.5. The van der Waals surface area contributed by atoms with Gasteiger partial charge in [-0.3, -0.25) is 4.57 Å². The van der Waals surface area contributed by atoms with Crippen LogP contribution in [0, 0.1) is 3.57 Å². The Morgan fingerprint density at radius 2 is 2.33 bits per heavy atom. The maximum absolute atomic E-state index is 13.9. The largest absolute Gasteiger partial charge is 0.392 e. The number of aliphatic hydroxyl groups is 2. The van der Waals surface area contributed by atoms with Crippen molar-refractivity contribution in [1.29, 1.82) is 0 Å². The van der Waals surface area contributed by atoms with E-state index in [-0.39, 0.29) is 17.8 Å². The summed E-state index contributed by atoms with van der Waals surface area (Å²) in [6.45, 7) is -0.572. The molecule has 0 aliphatic heterocycles.